The molecular formula is C21H19N3O3S. The lowest BCUT2D eigenvalue weighted by Gasteiger charge is -2.10. The quantitative estimate of drug-likeness (QED) is 0.457. The molecule has 1 amide bonds. The number of carbonyl (C=O) groups is 1. The van der Waals surface area contributed by atoms with Crippen molar-refractivity contribution in [1.82, 2.24) is 15.5 Å². The number of ether oxygens (including phenoxy) is 1. The predicted octanol–water partition coefficient (Wildman–Crippen LogP) is 4.08. The molecule has 0 bridgehead atoms. The Kier molecular flexibility index (Phi) is 5.63. The van der Waals surface area contributed by atoms with Crippen LogP contribution >= 0.6 is 11.3 Å². The number of amides is 1. The minimum atomic E-state index is -0.0719. The molecule has 2 aromatic carbocycles. The highest BCUT2D eigenvalue weighted by Gasteiger charge is 2.11. The van der Waals surface area contributed by atoms with Gasteiger partial charge in [-0.2, -0.15) is 4.98 Å². The van der Waals surface area contributed by atoms with Crippen molar-refractivity contribution >= 4 is 28.0 Å². The molecule has 7 heteroatoms. The zero-order valence-corrected chi connectivity index (χ0v) is 15.9. The average molecular weight is 393 g/mol. The number of benzene rings is 2. The van der Waals surface area contributed by atoms with Gasteiger partial charge < -0.3 is 14.6 Å². The highest BCUT2D eigenvalue weighted by molar-refractivity contribution is 7.13. The van der Waals surface area contributed by atoms with Gasteiger partial charge in [0.1, 0.15) is 12.4 Å². The van der Waals surface area contributed by atoms with Crippen LogP contribution in [0.1, 0.15) is 12.3 Å². The van der Waals surface area contributed by atoms with Gasteiger partial charge in [0.15, 0.2) is 0 Å². The first kappa shape index (κ1) is 18.2. The second-order valence-electron chi connectivity index (χ2n) is 6.16. The Hall–Kier alpha value is -3.19. The van der Waals surface area contributed by atoms with Crippen LogP contribution in [0.15, 0.2) is 64.5 Å². The summed E-state index contributed by atoms with van der Waals surface area (Å²) in [5.74, 6) is 1.77. The Bertz CT molecular complexity index is 1050. The smallest absolute Gasteiger partial charge is 0.227 e. The fourth-order valence-electron chi connectivity index (χ4n) is 2.84. The van der Waals surface area contributed by atoms with E-state index < -0.39 is 0 Å². The summed E-state index contributed by atoms with van der Waals surface area (Å²) in [5.41, 5.74) is 0. The van der Waals surface area contributed by atoms with E-state index in [4.69, 9.17) is 9.26 Å². The third-order valence-corrected chi connectivity index (χ3v) is 5.07. The average Bonchev–Trinajstić information content (AvgIpc) is 3.41. The van der Waals surface area contributed by atoms with Gasteiger partial charge in [0.25, 0.3) is 0 Å². The number of thiophene rings is 1. The normalized spacial score (nSPS) is 10.9. The zero-order chi connectivity index (χ0) is 19.2. The summed E-state index contributed by atoms with van der Waals surface area (Å²) in [5, 5.41) is 10.9. The van der Waals surface area contributed by atoms with E-state index in [9.17, 15) is 4.79 Å². The number of hydrogen-bond donors (Lipinski definition) is 1. The highest BCUT2D eigenvalue weighted by atomic mass is 32.1. The standard InChI is InChI=1S/C21H19N3O3S/c25-19(10-11-20-23-21(24-27-20)18-9-4-14-28-18)22-12-13-26-17-8-3-6-15-5-1-2-7-16(15)17/h1-9,14H,10-13H2,(H,22,25). The van der Waals surface area contributed by atoms with Gasteiger partial charge in [0.2, 0.25) is 17.6 Å². The molecule has 2 aromatic heterocycles. The molecule has 0 saturated heterocycles. The maximum absolute atomic E-state index is 12.0. The second-order valence-corrected chi connectivity index (χ2v) is 7.11. The Morgan fingerprint density at radius 3 is 2.89 bits per heavy atom. The minimum Gasteiger partial charge on any atom is -0.491 e. The van der Waals surface area contributed by atoms with Gasteiger partial charge in [-0.25, -0.2) is 0 Å². The van der Waals surface area contributed by atoms with Crippen LogP contribution in [0.2, 0.25) is 0 Å². The van der Waals surface area contributed by atoms with E-state index in [0.717, 1.165) is 21.4 Å². The van der Waals surface area contributed by atoms with Crippen molar-refractivity contribution in [3.05, 3.63) is 65.9 Å². The lowest BCUT2D eigenvalue weighted by molar-refractivity contribution is -0.121. The molecule has 6 nitrogen and oxygen atoms in total. The number of carbonyl (C=O) groups excluding carboxylic acids is 1. The summed E-state index contributed by atoms with van der Waals surface area (Å²) in [7, 11) is 0. The van der Waals surface area contributed by atoms with Gasteiger partial charge in [-0.15, -0.1) is 11.3 Å². The molecule has 0 fully saturated rings. The van der Waals surface area contributed by atoms with Crippen LogP contribution in [-0.4, -0.2) is 29.2 Å². The van der Waals surface area contributed by atoms with E-state index in [2.05, 4.69) is 15.5 Å². The van der Waals surface area contributed by atoms with E-state index in [-0.39, 0.29) is 5.91 Å². The van der Waals surface area contributed by atoms with Crippen molar-refractivity contribution in [2.24, 2.45) is 0 Å². The predicted molar refractivity (Wildman–Crippen MR) is 108 cm³/mol. The Labute approximate surface area is 166 Å². The van der Waals surface area contributed by atoms with Crippen molar-refractivity contribution in [2.45, 2.75) is 12.8 Å². The first-order valence-electron chi connectivity index (χ1n) is 9.03. The summed E-state index contributed by atoms with van der Waals surface area (Å²) in [6.07, 6.45) is 0.703. The number of aromatic nitrogens is 2. The number of nitrogens with zero attached hydrogens (tertiary/aromatic N) is 2. The van der Waals surface area contributed by atoms with E-state index in [1.54, 1.807) is 11.3 Å². The minimum absolute atomic E-state index is 0.0719. The molecule has 2 heterocycles. The molecule has 0 radical (unpaired) electrons. The molecule has 1 N–H and O–H groups in total. The van der Waals surface area contributed by atoms with Crippen LogP contribution in [0.5, 0.6) is 5.75 Å². The van der Waals surface area contributed by atoms with Crippen LogP contribution < -0.4 is 10.1 Å². The highest BCUT2D eigenvalue weighted by Crippen LogP contribution is 2.25. The topological polar surface area (TPSA) is 77.2 Å². The molecule has 4 rings (SSSR count). The third-order valence-electron chi connectivity index (χ3n) is 4.21. The van der Waals surface area contributed by atoms with Crippen LogP contribution in [0.4, 0.5) is 0 Å². The van der Waals surface area contributed by atoms with Crippen molar-refractivity contribution in [2.75, 3.05) is 13.2 Å². The van der Waals surface area contributed by atoms with Crippen LogP contribution in [0.3, 0.4) is 0 Å². The largest absolute Gasteiger partial charge is 0.491 e. The Morgan fingerprint density at radius 1 is 1.11 bits per heavy atom. The summed E-state index contributed by atoms with van der Waals surface area (Å²) < 4.78 is 11.0. The van der Waals surface area contributed by atoms with Crippen molar-refractivity contribution < 1.29 is 14.1 Å². The molecule has 4 aromatic rings. The Balaban J connectivity index is 1.21. The van der Waals surface area contributed by atoms with Gasteiger partial charge >= 0.3 is 0 Å². The third kappa shape index (κ3) is 4.37. The van der Waals surface area contributed by atoms with E-state index in [0.29, 0.717) is 37.7 Å². The van der Waals surface area contributed by atoms with E-state index in [1.165, 1.54) is 0 Å². The number of nitrogens with one attached hydrogen (secondary N) is 1. The maximum atomic E-state index is 12.0. The molecule has 0 unspecified atom stereocenters. The molecule has 0 aliphatic heterocycles. The summed E-state index contributed by atoms with van der Waals surface area (Å²) in [6, 6.07) is 17.9. The number of rotatable bonds is 8. The monoisotopic (exact) mass is 393 g/mol. The van der Waals surface area contributed by atoms with Crippen molar-refractivity contribution in [1.29, 1.82) is 0 Å². The fraction of sp³-hybridized carbons (Fsp3) is 0.190. The molecular weight excluding hydrogens is 374 g/mol. The van der Waals surface area contributed by atoms with Gasteiger partial charge in [-0.3, -0.25) is 4.79 Å². The van der Waals surface area contributed by atoms with Crippen molar-refractivity contribution in [3.63, 3.8) is 0 Å². The molecule has 0 aliphatic carbocycles. The lowest BCUT2D eigenvalue weighted by atomic mass is 10.1. The molecule has 0 atom stereocenters. The maximum Gasteiger partial charge on any atom is 0.227 e. The van der Waals surface area contributed by atoms with Crippen molar-refractivity contribution in [3.8, 4) is 16.5 Å². The van der Waals surface area contributed by atoms with Gasteiger partial charge in [0, 0.05) is 18.2 Å². The van der Waals surface area contributed by atoms with Gasteiger partial charge in [-0.1, -0.05) is 47.6 Å². The first-order valence-corrected chi connectivity index (χ1v) is 9.91. The molecule has 0 spiro atoms. The molecule has 0 aliphatic rings. The zero-order valence-electron chi connectivity index (χ0n) is 15.1. The number of hydrogen-bond acceptors (Lipinski definition) is 6. The Morgan fingerprint density at radius 2 is 2.00 bits per heavy atom. The number of fused-ring (bicyclic) bond motifs is 1. The summed E-state index contributed by atoms with van der Waals surface area (Å²) in [4.78, 5) is 17.3. The van der Waals surface area contributed by atoms with Crippen LogP contribution in [-0.2, 0) is 11.2 Å². The molecule has 142 valence electrons. The van der Waals surface area contributed by atoms with Gasteiger partial charge in [0.05, 0.1) is 11.4 Å². The van der Waals surface area contributed by atoms with Gasteiger partial charge in [-0.05, 0) is 22.9 Å². The van der Waals surface area contributed by atoms with Crippen LogP contribution in [0, 0.1) is 0 Å². The van der Waals surface area contributed by atoms with Crippen LogP contribution in [0.25, 0.3) is 21.5 Å². The van der Waals surface area contributed by atoms with E-state index >= 15 is 0 Å². The van der Waals surface area contributed by atoms with E-state index in [1.807, 2.05) is 60.0 Å². The second kappa shape index (κ2) is 8.67. The first-order chi connectivity index (χ1) is 13.8. The summed E-state index contributed by atoms with van der Waals surface area (Å²) in [6.45, 7) is 0.842. The fourth-order valence-corrected chi connectivity index (χ4v) is 3.49. The SMILES string of the molecule is O=C(CCc1nc(-c2cccs2)no1)NCCOc1cccc2ccccc12. The lowest BCUT2D eigenvalue weighted by Crippen LogP contribution is -2.28. The number of aryl methyl sites for hydroxylation is 1. The summed E-state index contributed by atoms with van der Waals surface area (Å²) >= 11 is 1.55. The molecule has 0 saturated carbocycles. The molecule has 28 heavy (non-hydrogen) atoms.